The lowest BCUT2D eigenvalue weighted by atomic mass is 10.1. The van der Waals surface area contributed by atoms with Crippen molar-refractivity contribution in [2.75, 3.05) is 19.5 Å². The summed E-state index contributed by atoms with van der Waals surface area (Å²) in [5.41, 5.74) is 1.44. The highest BCUT2D eigenvalue weighted by Crippen LogP contribution is 2.38. The molecule has 1 heterocycles. The summed E-state index contributed by atoms with van der Waals surface area (Å²) in [6, 6.07) is 10.9. The Hall–Kier alpha value is -3.46. The van der Waals surface area contributed by atoms with Crippen LogP contribution in [0.2, 0.25) is 0 Å². The molecule has 0 saturated heterocycles. The number of methoxy groups -OCH3 is 2. The van der Waals surface area contributed by atoms with Crippen LogP contribution in [0, 0.1) is 17.0 Å². The van der Waals surface area contributed by atoms with E-state index in [1.165, 1.54) is 35.6 Å². The molecule has 0 aliphatic heterocycles. The summed E-state index contributed by atoms with van der Waals surface area (Å²) in [5.74, 6) is 0.817. The molecule has 0 saturated carbocycles. The second kappa shape index (κ2) is 8.05. The number of anilines is 1. The molecule has 0 unspecified atom stereocenters. The van der Waals surface area contributed by atoms with E-state index in [9.17, 15) is 14.9 Å². The Kier molecular flexibility index (Phi) is 5.55. The lowest BCUT2D eigenvalue weighted by Crippen LogP contribution is -2.11. The summed E-state index contributed by atoms with van der Waals surface area (Å²) in [6.07, 6.45) is 0. The topological polar surface area (TPSA) is 104 Å². The molecule has 3 rings (SSSR count). The van der Waals surface area contributed by atoms with Gasteiger partial charge in [-0.25, -0.2) is 4.98 Å². The van der Waals surface area contributed by atoms with Gasteiger partial charge in [0.2, 0.25) is 0 Å². The number of ether oxygens (including phenoxy) is 2. The predicted molar refractivity (Wildman–Crippen MR) is 106 cm³/mol. The highest BCUT2D eigenvalue weighted by molar-refractivity contribution is 7.16. The molecule has 0 spiro atoms. The summed E-state index contributed by atoms with van der Waals surface area (Å²) >= 11 is 1.30. The molecule has 0 aliphatic carbocycles. The third-order valence-corrected chi connectivity index (χ3v) is 4.88. The molecule has 144 valence electrons. The Labute approximate surface area is 164 Å². The fraction of sp³-hybridized carbons (Fsp3) is 0.158. The van der Waals surface area contributed by atoms with Crippen molar-refractivity contribution in [3.63, 3.8) is 0 Å². The Morgan fingerprint density at radius 2 is 1.96 bits per heavy atom. The van der Waals surface area contributed by atoms with Gasteiger partial charge in [0.25, 0.3) is 11.6 Å². The van der Waals surface area contributed by atoms with E-state index >= 15 is 0 Å². The van der Waals surface area contributed by atoms with E-state index in [0.29, 0.717) is 22.3 Å². The largest absolute Gasteiger partial charge is 0.497 e. The smallest absolute Gasteiger partial charge is 0.270 e. The molecule has 28 heavy (non-hydrogen) atoms. The van der Waals surface area contributed by atoms with Gasteiger partial charge in [-0.2, -0.15) is 0 Å². The fourth-order valence-corrected chi connectivity index (χ4v) is 3.45. The van der Waals surface area contributed by atoms with Gasteiger partial charge in [0, 0.05) is 28.1 Å². The summed E-state index contributed by atoms with van der Waals surface area (Å²) in [4.78, 5) is 28.2. The zero-order valence-electron chi connectivity index (χ0n) is 15.4. The Morgan fingerprint density at radius 3 is 2.64 bits per heavy atom. The Balaban J connectivity index is 1.90. The van der Waals surface area contributed by atoms with Crippen LogP contribution < -0.4 is 14.8 Å². The molecule has 0 aliphatic rings. The fourth-order valence-electron chi connectivity index (χ4n) is 2.63. The van der Waals surface area contributed by atoms with Crippen LogP contribution in [0.25, 0.3) is 11.3 Å². The number of amides is 1. The zero-order chi connectivity index (χ0) is 20.3. The van der Waals surface area contributed by atoms with Gasteiger partial charge in [0.1, 0.15) is 11.5 Å². The number of carbonyl (C=O) groups excluding carboxylic acids is 1. The molecule has 3 aromatic rings. The molecule has 0 fully saturated rings. The van der Waals surface area contributed by atoms with E-state index in [1.54, 1.807) is 26.4 Å². The minimum atomic E-state index is -0.544. The second-order valence-electron chi connectivity index (χ2n) is 5.75. The number of hydrogen-bond donors (Lipinski definition) is 1. The molecule has 2 aromatic carbocycles. The first-order valence-electron chi connectivity index (χ1n) is 8.18. The van der Waals surface area contributed by atoms with Crippen LogP contribution in [0.5, 0.6) is 11.5 Å². The summed E-state index contributed by atoms with van der Waals surface area (Å²) in [7, 11) is 3.14. The van der Waals surface area contributed by atoms with Crippen molar-refractivity contribution < 1.29 is 19.2 Å². The molecule has 0 atom stereocenters. The van der Waals surface area contributed by atoms with Gasteiger partial charge in [-0.15, -0.1) is 11.3 Å². The first kappa shape index (κ1) is 19.3. The van der Waals surface area contributed by atoms with E-state index < -0.39 is 10.8 Å². The number of benzene rings is 2. The van der Waals surface area contributed by atoms with Gasteiger partial charge in [0.05, 0.1) is 24.8 Å². The first-order valence-corrected chi connectivity index (χ1v) is 9.00. The van der Waals surface area contributed by atoms with E-state index in [2.05, 4.69) is 10.3 Å². The molecule has 0 radical (unpaired) electrons. The van der Waals surface area contributed by atoms with E-state index in [0.717, 1.165) is 10.4 Å². The van der Waals surface area contributed by atoms with Crippen molar-refractivity contribution >= 4 is 28.1 Å². The van der Waals surface area contributed by atoms with E-state index in [-0.39, 0.29) is 11.3 Å². The van der Waals surface area contributed by atoms with E-state index in [4.69, 9.17) is 9.47 Å². The number of carbonyl (C=O) groups is 1. The second-order valence-corrected chi connectivity index (χ2v) is 6.95. The third-order valence-electron chi connectivity index (χ3n) is 4.00. The maximum atomic E-state index is 12.5. The molecule has 9 heteroatoms. The number of nitrogens with zero attached hydrogens (tertiary/aromatic N) is 2. The van der Waals surface area contributed by atoms with Crippen molar-refractivity contribution in [2.24, 2.45) is 0 Å². The van der Waals surface area contributed by atoms with Gasteiger partial charge in [-0.1, -0.05) is 6.07 Å². The van der Waals surface area contributed by atoms with Gasteiger partial charge >= 0.3 is 0 Å². The molecule has 1 aromatic heterocycles. The molecule has 0 bridgehead atoms. The van der Waals surface area contributed by atoms with Crippen molar-refractivity contribution in [1.82, 2.24) is 4.98 Å². The quantitative estimate of drug-likeness (QED) is 0.490. The number of nitrogens with one attached hydrogen (secondary N) is 1. The standard InChI is InChI=1S/C19H17N3O5S/c1-11-17(15-10-14(26-2)7-8-16(15)27-3)20-19(28-11)21-18(23)12-5-4-6-13(9-12)22(24)25/h4-10H,1-3H3,(H,20,21,23). The molecule has 8 nitrogen and oxygen atoms in total. The first-order chi connectivity index (χ1) is 13.4. The van der Waals surface area contributed by atoms with Crippen LogP contribution in [0.4, 0.5) is 10.8 Å². The normalized spacial score (nSPS) is 10.4. The number of aromatic nitrogens is 1. The van der Waals surface area contributed by atoms with E-state index in [1.807, 2.05) is 13.0 Å². The number of rotatable bonds is 6. The highest BCUT2D eigenvalue weighted by atomic mass is 32.1. The number of aryl methyl sites for hydroxylation is 1. The maximum Gasteiger partial charge on any atom is 0.270 e. The van der Waals surface area contributed by atoms with Crippen LogP contribution in [0.15, 0.2) is 42.5 Å². The van der Waals surface area contributed by atoms with Crippen LogP contribution in [0.1, 0.15) is 15.2 Å². The van der Waals surface area contributed by atoms with Gasteiger partial charge in [-0.05, 0) is 31.2 Å². The van der Waals surface area contributed by atoms with Crippen molar-refractivity contribution in [3.05, 3.63) is 63.0 Å². The van der Waals surface area contributed by atoms with Crippen LogP contribution >= 0.6 is 11.3 Å². The molecular formula is C19H17N3O5S. The maximum absolute atomic E-state index is 12.5. The van der Waals surface area contributed by atoms with Gasteiger partial charge in [0.15, 0.2) is 5.13 Å². The van der Waals surface area contributed by atoms with Crippen molar-refractivity contribution in [2.45, 2.75) is 6.92 Å². The minimum Gasteiger partial charge on any atom is -0.497 e. The van der Waals surface area contributed by atoms with Gasteiger partial charge in [-0.3, -0.25) is 20.2 Å². The SMILES string of the molecule is COc1ccc(OC)c(-c2nc(NC(=O)c3cccc([N+](=O)[O-])c3)sc2C)c1. The minimum absolute atomic E-state index is 0.148. The van der Waals surface area contributed by atoms with Crippen LogP contribution in [-0.2, 0) is 0 Å². The monoisotopic (exact) mass is 399 g/mol. The number of thiazole rings is 1. The predicted octanol–water partition coefficient (Wildman–Crippen LogP) is 4.30. The Morgan fingerprint density at radius 1 is 1.18 bits per heavy atom. The lowest BCUT2D eigenvalue weighted by molar-refractivity contribution is -0.384. The van der Waals surface area contributed by atoms with Crippen molar-refractivity contribution in [1.29, 1.82) is 0 Å². The van der Waals surface area contributed by atoms with Crippen molar-refractivity contribution in [3.8, 4) is 22.8 Å². The third kappa shape index (κ3) is 3.94. The van der Waals surface area contributed by atoms with Gasteiger partial charge < -0.3 is 9.47 Å². The average Bonchev–Trinajstić information content (AvgIpc) is 3.07. The van der Waals surface area contributed by atoms with Crippen LogP contribution in [-0.4, -0.2) is 30.0 Å². The summed E-state index contributed by atoms with van der Waals surface area (Å²) in [5, 5.41) is 14.0. The molecular weight excluding hydrogens is 382 g/mol. The van der Waals surface area contributed by atoms with Crippen LogP contribution in [0.3, 0.4) is 0 Å². The average molecular weight is 399 g/mol. The molecule has 1 N–H and O–H groups in total. The number of hydrogen-bond acceptors (Lipinski definition) is 7. The number of nitro groups is 1. The summed E-state index contributed by atoms with van der Waals surface area (Å²) < 4.78 is 10.7. The zero-order valence-corrected chi connectivity index (χ0v) is 16.2. The Bertz CT molecular complexity index is 1050. The lowest BCUT2D eigenvalue weighted by Gasteiger charge is -2.09. The number of nitro benzene ring substituents is 1. The number of non-ortho nitro benzene ring substituents is 1. The highest BCUT2D eigenvalue weighted by Gasteiger charge is 2.18. The summed E-state index contributed by atoms with van der Waals surface area (Å²) in [6.45, 7) is 1.88. The molecule has 1 amide bonds.